The summed E-state index contributed by atoms with van der Waals surface area (Å²) < 4.78 is 27.2. The van der Waals surface area contributed by atoms with Crippen molar-refractivity contribution in [3.05, 3.63) is 70.0 Å². The van der Waals surface area contributed by atoms with Gasteiger partial charge in [0.05, 0.1) is 4.90 Å². The summed E-state index contributed by atoms with van der Waals surface area (Å²) in [5, 5.41) is 9.79. The lowest BCUT2D eigenvalue weighted by atomic mass is 10.0. The normalized spacial score (nSPS) is 16.9. The molecule has 8 nitrogen and oxygen atoms in total. The van der Waals surface area contributed by atoms with Crippen LogP contribution in [0.15, 0.2) is 46.2 Å². The van der Waals surface area contributed by atoms with E-state index in [-0.39, 0.29) is 38.4 Å². The number of sulfone groups is 1. The van der Waals surface area contributed by atoms with E-state index in [1.807, 2.05) is 0 Å². The van der Waals surface area contributed by atoms with Crippen LogP contribution in [-0.4, -0.2) is 48.8 Å². The fourth-order valence-electron chi connectivity index (χ4n) is 4.83. The number of carbonyl (C=O) groups excluding carboxylic acids is 2. The Bertz CT molecular complexity index is 1470. The number of rotatable bonds is 1. The maximum Gasteiger partial charge on any atom is 0.275 e. The van der Waals surface area contributed by atoms with Gasteiger partial charge in [0, 0.05) is 25.8 Å². The van der Waals surface area contributed by atoms with E-state index < -0.39 is 15.7 Å². The van der Waals surface area contributed by atoms with Crippen LogP contribution in [0.2, 0.25) is 0 Å². The molecule has 2 N–H and O–H groups in total. The summed E-state index contributed by atoms with van der Waals surface area (Å²) in [4.78, 5) is 32.8. The zero-order valence-electron chi connectivity index (χ0n) is 19.2. The van der Waals surface area contributed by atoms with Gasteiger partial charge in [0.1, 0.15) is 22.0 Å². The van der Waals surface area contributed by atoms with Crippen LogP contribution in [0.5, 0.6) is 5.75 Å². The van der Waals surface area contributed by atoms with E-state index in [9.17, 15) is 23.1 Å². The molecular weight excluding hydrogens is 454 g/mol. The summed E-state index contributed by atoms with van der Waals surface area (Å²) in [6.45, 7) is 4.14. The average molecular weight is 480 g/mol. The fraction of sp³-hybridized carbons (Fsp3) is 0.280. The SMILES string of the molecule is Cc1cc2cc(c1)S(=O)(=O)c1c([nH]c(C(=O)N3CCCc4cc(O)ccc4C3)c1C)C(=O)N2C. The number of fused-ring (bicyclic) bond motifs is 4. The van der Waals surface area contributed by atoms with Gasteiger partial charge in [-0.25, -0.2) is 8.42 Å². The fourth-order valence-corrected chi connectivity index (χ4v) is 6.60. The summed E-state index contributed by atoms with van der Waals surface area (Å²) in [6.07, 6.45) is 1.42. The van der Waals surface area contributed by atoms with Crippen molar-refractivity contribution in [2.75, 3.05) is 18.5 Å². The minimum atomic E-state index is -4.03. The molecule has 3 aromatic rings. The summed E-state index contributed by atoms with van der Waals surface area (Å²) in [6, 6.07) is 9.91. The van der Waals surface area contributed by atoms with Crippen molar-refractivity contribution in [2.24, 2.45) is 0 Å². The van der Waals surface area contributed by atoms with E-state index in [1.165, 1.54) is 11.0 Å². The number of anilines is 1. The Morgan fingerprint density at radius 2 is 1.85 bits per heavy atom. The van der Waals surface area contributed by atoms with Crippen LogP contribution in [0, 0.1) is 13.8 Å². The first-order valence-electron chi connectivity index (χ1n) is 11.1. The molecule has 0 spiro atoms. The number of aromatic amines is 1. The number of nitrogens with zero attached hydrogens (tertiary/aromatic N) is 2. The van der Waals surface area contributed by atoms with E-state index in [4.69, 9.17) is 0 Å². The number of nitrogens with one attached hydrogen (secondary N) is 1. The standard InChI is InChI=1S/C25H25N3O5S/c1-14-9-18-12-20(10-14)34(32,33)23-15(2)21(26-22(23)24(30)27(18)3)25(31)28-8-4-5-16-11-19(29)7-6-17(16)13-28/h6-7,9-12,26,29H,4-5,8,13H2,1-3H3. The van der Waals surface area contributed by atoms with Crippen LogP contribution in [0.25, 0.3) is 0 Å². The Hall–Kier alpha value is -3.59. The summed E-state index contributed by atoms with van der Waals surface area (Å²) >= 11 is 0. The van der Waals surface area contributed by atoms with Crippen LogP contribution in [0.1, 0.15) is 49.7 Å². The van der Waals surface area contributed by atoms with Crippen LogP contribution in [-0.2, 0) is 22.8 Å². The molecule has 0 saturated carbocycles. The molecule has 34 heavy (non-hydrogen) atoms. The van der Waals surface area contributed by atoms with Gasteiger partial charge in [-0.1, -0.05) is 6.07 Å². The molecule has 0 radical (unpaired) electrons. The maximum absolute atomic E-state index is 13.6. The molecule has 0 atom stereocenters. The first kappa shape index (κ1) is 22.2. The zero-order chi connectivity index (χ0) is 24.4. The molecule has 2 aliphatic rings. The van der Waals surface area contributed by atoms with Gasteiger partial charge in [-0.15, -0.1) is 0 Å². The zero-order valence-corrected chi connectivity index (χ0v) is 20.0. The number of amides is 2. The largest absolute Gasteiger partial charge is 0.508 e. The molecule has 0 fully saturated rings. The smallest absolute Gasteiger partial charge is 0.275 e. The maximum atomic E-state index is 13.6. The third-order valence-corrected chi connectivity index (χ3v) is 8.54. The number of benzene rings is 2. The van der Waals surface area contributed by atoms with E-state index in [1.54, 1.807) is 56.1 Å². The lowest BCUT2D eigenvalue weighted by molar-refractivity contribution is 0.0740. The van der Waals surface area contributed by atoms with Gasteiger partial charge in [-0.2, -0.15) is 0 Å². The van der Waals surface area contributed by atoms with E-state index >= 15 is 0 Å². The third-order valence-electron chi connectivity index (χ3n) is 6.64. The number of H-pyrrole nitrogens is 1. The quantitative estimate of drug-likeness (QED) is 0.556. The Kier molecular flexibility index (Phi) is 5.05. The monoisotopic (exact) mass is 479 g/mol. The lowest BCUT2D eigenvalue weighted by Gasteiger charge is -2.22. The number of aromatic hydroxyl groups is 1. The van der Waals surface area contributed by atoms with Crippen molar-refractivity contribution in [3.8, 4) is 5.75 Å². The second kappa shape index (κ2) is 7.73. The first-order valence-corrected chi connectivity index (χ1v) is 12.5. The highest BCUT2D eigenvalue weighted by Crippen LogP contribution is 2.36. The van der Waals surface area contributed by atoms with Crippen LogP contribution in [0.3, 0.4) is 0 Å². The topological polar surface area (TPSA) is 111 Å². The van der Waals surface area contributed by atoms with Crippen molar-refractivity contribution in [3.63, 3.8) is 0 Å². The van der Waals surface area contributed by atoms with Crippen molar-refractivity contribution in [1.82, 2.24) is 9.88 Å². The summed E-state index contributed by atoms with van der Waals surface area (Å²) in [5.41, 5.74) is 3.35. The average Bonchev–Trinajstić information content (AvgIpc) is 3.00. The molecule has 0 saturated heterocycles. The minimum Gasteiger partial charge on any atom is -0.508 e. The molecule has 9 heteroatoms. The predicted molar refractivity (Wildman–Crippen MR) is 126 cm³/mol. The lowest BCUT2D eigenvalue weighted by Crippen LogP contribution is -2.32. The summed E-state index contributed by atoms with van der Waals surface area (Å²) in [7, 11) is -2.45. The number of phenolic OH excluding ortho intramolecular Hbond substituents is 1. The van der Waals surface area contributed by atoms with Crippen molar-refractivity contribution >= 4 is 27.3 Å². The number of aromatic nitrogens is 1. The molecule has 3 heterocycles. The highest BCUT2D eigenvalue weighted by atomic mass is 32.2. The molecule has 0 unspecified atom stereocenters. The van der Waals surface area contributed by atoms with Crippen LogP contribution >= 0.6 is 0 Å². The van der Waals surface area contributed by atoms with Crippen molar-refractivity contribution < 1.29 is 23.1 Å². The highest BCUT2D eigenvalue weighted by molar-refractivity contribution is 7.91. The Morgan fingerprint density at radius 3 is 2.62 bits per heavy atom. The van der Waals surface area contributed by atoms with Gasteiger partial charge in [-0.05, 0) is 79.3 Å². The van der Waals surface area contributed by atoms with Gasteiger partial charge in [-0.3, -0.25) is 9.59 Å². The molecular formula is C25H25N3O5S. The summed E-state index contributed by atoms with van der Waals surface area (Å²) in [5.74, 6) is -0.697. The molecule has 2 aliphatic heterocycles. The Labute approximate surface area is 197 Å². The van der Waals surface area contributed by atoms with Crippen LogP contribution in [0.4, 0.5) is 5.69 Å². The number of hydrogen-bond donors (Lipinski definition) is 2. The van der Waals surface area contributed by atoms with E-state index in [2.05, 4.69) is 4.98 Å². The Morgan fingerprint density at radius 1 is 1.09 bits per heavy atom. The molecule has 5 rings (SSSR count). The Balaban J connectivity index is 1.61. The number of aryl methyl sites for hydroxylation is 2. The third kappa shape index (κ3) is 3.38. The van der Waals surface area contributed by atoms with Gasteiger partial charge < -0.3 is 19.9 Å². The molecule has 2 bridgehead atoms. The molecule has 2 amide bonds. The predicted octanol–water partition coefficient (Wildman–Crippen LogP) is 3.35. The second-order valence-electron chi connectivity index (χ2n) is 8.98. The molecule has 176 valence electrons. The number of phenols is 1. The van der Waals surface area contributed by atoms with Gasteiger partial charge in [0.25, 0.3) is 11.8 Å². The van der Waals surface area contributed by atoms with Gasteiger partial charge >= 0.3 is 0 Å². The van der Waals surface area contributed by atoms with Crippen molar-refractivity contribution in [2.45, 2.75) is 43.0 Å². The van der Waals surface area contributed by atoms with Crippen molar-refractivity contribution in [1.29, 1.82) is 0 Å². The molecule has 0 aliphatic carbocycles. The van der Waals surface area contributed by atoms with Gasteiger partial charge in [0.2, 0.25) is 9.84 Å². The van der Waals surface area contributed by atoms with Gasteiger partial charge in [0.15, 0.2) is 0 Å². The molecule has 1 aromatic heterocycles. The van der Waals surface area contributed by atoms with E-state index in [0.717, 1.165) is 23.1 Å². The number of hydrogen-bond acceptors (Lipinski definition) is 5. The van der Waals surface area contributed by atoms with Crippen LogP contribution < -0.4 is 4.90 Å². The molecule has 2 aromatic carbocycles. The number of carbonyl (C=O) groups is 2. The second-order valence-corrected chi connectivity index (χ2v) is 10.9. The highest BCUT2D eigenvalue weighted by Gasteiger charge is 2.37. The van der Waals surface area contributed by atoms with E-state index in [0.29, 0.717) is 25.2 Å². The first-order chi connectivity index (χ1) is 16.1. The minimum absolute atomic E-state index is 0.0905.